The molecule has 31 heavy (non-hydrogen) atoms. The Morgan fingerprint density at radius 3 is 2.32 bits per heavy atom. The van der Waals surface area contributed by atoms with Crippen molar-refractivity contribution in [2.45, 2.75) is 6.92 Å². The first kappa shape index (κ1) is 20.2. The highest BCUT2D eigenvalue weighted by atomic mass is 16.5. The molecule has 6 heteroatoms. The lowest BCUT2D eigenvalue weighted by Gasteiger charge is -2.08. The molecule has 0 aliphatic carbocycles. The van der Waals surface area contributed by atoms with E-state index in [9.17, 15) is 9.59 Å². The Balaban J connectivity index is 1.70. The third-order valence-corrected chi connectivity index (χ3v) is 5.05. The molecule has 0 bridgehead atoms. The highest BCUT2D eigenvalue weighted by molar-refractivity contribution is 6.18. The summed E-state index contributed by atoms with van der Waals surface area (Å²) in [6.07, 6.45) is 0. The molecule has 0 aliphatic rings. The molecule has 0 radical (unpaired) electrons. The van der Waals surface area contributed by atoms with E-state index in [1.165, 1.54) is 7.11 Å². The van der Waals surface area contributed by atoms with Gasteiger partial charge >= 0.3 is 0 Å². The zero-order chi connectivity index (χ0) is 22.0. The first-order chi connectivity index (χ1) is 15.0. The van der Waals surface area contributed by atoms with Crippen LogP contribution in [0.25, 0.3) is 11.0 Å². The van der Waals surface area contributed by atoms with Crippen LogP contribution in [0.4, 0.5) is 5.69 Å². The van der Waals surface area contributed by atoms with E-state index in [-0.39, 0.29) is 11.5 Å². The van der Waals surface area contributed by atoms with Crippen molar-refractivity contribution in [1.82, 2.24) is 0 Å². The minimum Gasteiger partial charge on any atom is -0.497 e. The van der Waals surface area contributed by atoms with E-state index in [0.29, 0.717) is 39.3 Å². The summed E-state index contributed by atoms with van der Waals surface area (Å²) < 4.78 is 16.3. The summed E-state index contributed by atoms with van der Waals surface area (Å²) in [7, 11) is 3.10. The van der Waals surface area contributed by atoms with Gasteiger partial charge in [-0.25, -0.2) is 0 Å². The fourth-order valence-corrected chi connectivity index (χ4v) is 3.41. The summed E-state index contributed by atoms with van der Waals surface area (Å²) >= 11 is 0. The van der Waals surface area contributed by atoms with Gasteiger partial charge in [0.15, 0.2) is 11.5 Å². The number of benzene rings is 3. The number of carbonyl (C=O) groups excluding carboxylic acids is 2. The minimum atomic E-state index is -0.406. The fraction of sp³-hybridized carbons (Fsp3) is 0.120. The number of methoxy groups -OCH3 is 2. The molecule has 4 rings (SSSR count). The van der Waals surface area contributed by atoms with Crippen LogP contribution in [0, 0.1) is 6.92 Å². The van der Waals surface area contributed by atoms with Crippen molar-refractivity contribution >= 4 is 28.3 Å². The number of ketones is 1. The average Bonchev–Trinajstić information content (AvgIpc) is 3.26. The lowest BCUT2D eigenvalue weighted by atomic mass is 9.98. The summed E-state index contributed by atoms with van der Waals surface area (Å²) in [5.74, 6) is 0.690. The van der Waals surface area contributed by atoms with E-state index in [1.807, 2.05) is 6.92 Å². The zero-order valence-electron chi connectivity index (χ0n) is 17.4. The molecule has 0 unspecified atom stereocenters. The van der Waals surface area contributed by atoms with E-state index in [2.05, 4.69) is 5.32 Å². The molecule has 1 heterocycles. The molecule has 4 aromatic rings. The maximum atomic E-state index is 13.2. The van der Waals surface area contributed by atoms with Gasteiger partial charge in [-0.2, -0.15) is 0 Å². The van der Waals surface area contributed by atoms with Gasteiger partial charge in [-0.15, -0.1) is 0 Å². The van der Waals surface area contributed by atoms with E-state index in [1.54, 1.807) is 73.8 Å². The highest BCUT2D eigenvalue weighted by Gasteiger charge is 2.21. The third-order valence-electron chi connectivity index (χ3n) is 5.05. The number of amides is 1. The first-order valence-electron chi connectivity index (χ1n) is 9.68. The number of ether oxygens (including phenoxy) is 2. The number of para-hydroxylation sites is 1. The van der Waals surface area contributed by atoms with Crippen molar-refractivity contribution in [2.75, 3.05) is 19.5 Å². The molecule has 6 nitrogen and oxygen atoms in total. The molecule has 0 spiro atoms. The van der Waals surface area contributed by atoms with E-state index in [0.717, 1.165) is 5.56 Å². The van der Waals surface area contributed by atoms with Crippen LogP contribution in [0.3, 0.4) is 0 Å². The number of hydrogen-bond donors (Lipinski definition) is 1. The smallest absolute Gasteiger partial charge is 0.291 e. The van der Waals surface area contributed by atoms with Crippen molar-refractivity contribution in [3.63, 3.8) is 0 Å². The van der Waals surface area contributed by atoms with Crippen LogP contribution in [0.15, 0.2) is 71.1 Å². The molecule has 1 aromatic heterocycles. The molecule has 0 saturated carbocycles. The maximum absolute atomic E-state index is 13.2. The summed E-state index contributed by atoms with van der Waals surface area (Å²) in [6.45, 7) is 1.87. The van der Waals surface area contributed by atoms with E-state index >= 15 is 0 Å². The van der Waals surface area contributed by atoms with E-state index in [4.69, 9.17) is 13.9 Å². The van der Waals surface area contributed by atoms with Crippen molar-refractivity contribution in [1.29, 1.82) is 0 Å². The fourth-order valence-electron chi connectivity index (χ4n) is 3.41. The monoisotopic (exact) mass is 415 g/mol. The molecule has 156 valence electrons. The topological polar surface area (TPSA) is 77.8 Å². The number of rotatable bonds is 6. The predicted octanol–water partition coefficient (Wildman–Crippen LogP) is 5.24. The van der Waals surface area contributed by atoms with Crippen molar-refractivity contribution in [3.05, 3.63) is 89.2 Å². The van der Waals surface area contributed by atoms with Crippen LogP contribution in [0.2, 0.25) is 0 Å². The number of anilines is 1. The van der Waals surface area contributed by atoms with Crippen molar-refractivity contribution in [2.24, 2.45) is 0 Å². The van der Waals surface area contributed by atoms with Crippen LogP contribution in [0.1, 0.15) is 32.0 Å². The quantitative estimate of drug-likeness (QED) is 0.436. The molecule has 1 N–H and O–H groups in total. The molecule has 0 atom stereocenters. The number of aryl methyl sites for hydroxylation is 1. The Labute approximate surface area is 179 Å². The summed E-state index contributed by atoms with van der Waals surface area (Å²) in [6, 6.07) is 19.2. The molecule has 3 aromatic carbocycles. The Morgan fingerprint density at radius 2 is 1.61 bits per heavy atom. The Hall–Kier alpha value is -4.06. The molecule has 1 amide bonds. The largest absolute Gasteiger partial charge is 0.497 e. The van der Waals surface area contributed by atoms with Gasteiger partial charge in [-0.1, -0.05) is 18.2 Å². The van der Waals surface area contributed by atoms with Gasteiger partial charge in [-0.05, 0) is 61.0 Å². The van der Waals surface area contributed by atoms with Crippen molar-refractivity contribution in [3.8, 4) is 11.5 Å². The number of nitrogens with one attached hydrogen (secondary N) is 1. The molecular formula is C25H21NO5. The lowest BCUT2D eigenvalue weighted by Crippen LogP contribution is -2.10. The second-order valence-corrected chi connectivity index (χ2v) is 7.00. The van der Waals surface area contributed by atoms with Crippen LogP contribution in [-0.4, -0.2) is 25.9 Å². The standard InChI is InChI=1S/C25H21NO5/c1-15-8-13-18(23(27)19-6-4-5-7-21(19)30-3)20-14-22(31-24(15)20)25(28)26-16-9-11-17(29-2)12-10-16/h4-14H,1-3H3,(H,26,28). The first-order valence-corrected chi connectivity index (χ1v) is 9.68. The Morgan fingerprint density at radius 1 is 0.871 bits per heavy atom. The number of hydrogen-bond acceptors (Lipinski definition) is 5. The van der Waals surface area contributed by atoms with Gasteiger partial charge in [0.05, 0.1) is 19.8 Å². The van der Waals surface area contributed by atoms with Gasteiger partial charge in [-0.3, -0.25) is 9.59 Å². The van der Waals surface area contributed by atoms with Gasteiger partial charge in [0.25, 0.3) is 5.91 Å². The normalized spacial score (nSPS) is 10.7. The van der Waals surface area contributed by atoms with Gasteiger partial charge in [0.2, 0.25) is 0 Å². The molecule has 0 saturated heterocycles. The summed E-state index contributed by atoms with van der Waals surface area (Å²) in [5, 5.41) is 3.37. The SMILES string of the molecule is COc1ccc(NC(=O)c2cc3c(C(=O)c4ccccc4OC)ccc(C)c3o2)cc1. The zero-order valence-corrected chi connectivity index (χ0v) is 17.4. The molecule has 0 aliphatic heterocycles. The number of fused-ring (bicyclic) bond motifs is 1. The Kier molecular flexibility index (Phi) is 5.45. The maximum Gasteiger partial charge on any atom is 0.291 e. The third kappa shape index (κ3) is 3.88. The Bertz CT molecular complexity index is 1270. The van der Waals surface area contributed by atoms with Gasteiger partial charge in [0.1, 0.15) is 17.1 Å². The van der Waals surface area contributed by atoms with E-state index < -0.39 is 5.91 Å². The second-order valence-electron chi connectivity index (χ2n) is 7.00. The van der Waals surface area contributed by atoms with Crippen molar-refractivity contribution < 1.29 is 23.5 Å². The average molecular weight is 415 g/mol. The summed E-state index contributed by atoms with van der Waals surface area (Å²) in [5.41, 5.74) is 2.82. The highest BCUT2D eigenvalue weighted by Crippen LogP contribution is 2.30. The lowest BCUT2D eigenvalue weighted by molar-refractivity contribution is 0.0997. The molecular weight excluding hydrogens is 394 g/mol. The predicted molar refractivity (Wildman–Crippen MR) is 118 cm³/mol. The van der Waals surface area contributed by atoms with Crippen LogP contribution >= 0.6 is 0 Å². The van der Waals surface area contributed by atoms with Crippen LogP contribution in [-0.2, 0) is 0 Å². The van der Waals surface area contributed by atoms with Crippen LogP contribution in [0.5, 0.6) is 11.5 Å². The van der Waals surface area contributed by atoms with Gasteiger partial charge in [0, 0.05) is 16.6 Å². The second kappa shape index (κ2) is 8.36. The number of carbonyl (C=O) groups is 2. The summed E-state index contributed by atoms with van der Waals surface area (Å²) in [4.78, 5) is 26.0. The minimum absolute atomic E-state index is 0.120. The van der Waals surface area contributed by atoms with Gasteiger partial charge < -0.3 is 19.2 Å². The number of furan rings is 1. The van der Waals surface area contributed by atoms with Crippen LogP contribution < -0.4 is 14.8 Å². The molecule has 0 fully saturated rings.